The van der Waals surface area contributed by atoms with E-state index >= 15 is 0 Å². The Morgan fingerprint density at radius 3 is 2.50 bits per heavy atom. The van der Waals surface area contributed by atoms with Crippen LogP contribution in [0.15, 0.2) is 42.5 Å². The van der Waals surface area contributed by atoms with Crippen LogP contribution >= 0.6 is 11.6 Å². The molecule has 1 heterocycles. The number of benzene rings is 2. The van der Waals surface area contributed by atoms with Gasteiger partial charge in [-0.3, -0.25) is 9.59 Å². The molecule has 1 aliphatic rings. The molecule has 28 heavy (non-hydrogen) atoms. The van der Waals surface area contributed by atoms with E-state index in [1.807, 2.05) is 24.0 Å². The highest BCUT2D eigenvalue weighted by molar-refractivity contribution is 6.31. The molecule has 0 unspecified atom stereocenters. The van der Waals surface area contributed by atoms with Gasteiger partial charge in [-0.15, -0.1) is 0 Å². The number of hydrogen-bond donors (Lipinski definition) is 1. The number of para-hydroxylation sites is 1. The topological polar surface area (TPSA) is 61.9 Å². The fraction of sp³-hybridized carbons (Fsp3) is 0.333. The maximum absolute atomic E-state index is 12.8. The second-order valence-corrected chi connectivity index (χ2v) is 6.97. The average molecular weight is 402 g/mol. The number of nitrogens with one attached hydrogen (secondary N) is 1. The molecular formula is C21H24ClN3O3. The van der Waals surface area contributed by atoms with Crippen LogP contribution in [-0.2, 0) is 4.79 Å². The number of nitrogens with zero attached hydrogens (tertiary/aromatic N) is 2. The number of halogens is 1. The lowest BCUT2D eigenvalue weighted by atomic mass is 10.1. The van der Waals surface area contributed by atoms with Gasteiger partial charge in [0.1, 0.15) is 5.75 Å². The third-order valence-corrected chi connectivity index (χ3v) is 5.07. The van der Waals surface area contributed by atoms with E-state index < -0.39 is 0 Å². The van der Waals surface area contributed by atoms with E-state index in [9.17, 15) is 9.59 Å². The molecule has 3 rings (SSSR count). The Morgan fingerprint density at radius 1 is 1.11 bits per heavy atom. The number of amides is 2. The Labute approximate surface area is 170 Å². The van der Waals surface area contributed by atoms with Gasteiger partial charge in [-0.1, -0.05) is 30.7 Å². The number of ether oxygens (including phenoxy) is 1. The van der Waals surface area contributed by atoms with Gasteiger partial charge in [-0.05, 0) is 30.3 Å². The molecule has 0 aliphatic carbocycles. The number of anilines is 2. The predicted molar refractivity (Wildman–Crippen MR) is 111 cm³/mol. The van der Waals surface area contributed by atoms with Crippen LogP contribution in [0.3, 0.4) is 0 Å². The van der Waals surface area contributed by atoms with Crippen LogP contribution in [0.25, 0.3) is 0 Å². The maximum atomic E-state index is 12.8. The van der Waals surface area contributed by atoms with Crippen molar-refractivity contribution in [3.8, 4) is 5.75 Å². The van der Waals surface area contributed by atoms with E-state index in [0.717, 1.165) is 5.69 Å². The first kappa shape index (κ1) is 20.0. The highest BCUT2D eigenvalue weighted by atomic mass is 35.5. The normalized spacial score (nSPS) is 14.0. The second-order valence-electron chi connectivity index (χ2n) is 6.54. The van der Waals surface area contributed by atoms with E-state index in [1.165, 1.54) is 7.11 Å². The first-order valence-corrected chi connectivity index (χ1v) is 9.68. The van der Waals surface area contributed by atoms with Gasteiger partial charge in [0.05, 0.1) is 24.0 Å². The summed E-state index contributed by atoms with van der Waals surface area (Å²) < 4.78 is 5.28. The minimum atomic E-state index is -0.263. The number of piperazine rings is 1. The highest BCUT2D eigenvalue weighted by Gasteiger charge is 2.23. The Bertz CT molecular complexity index is 864. The van der Waals surface area contributed by atoms with Gasteiger partial charge in [-0.25, -0.2) is 0 Å². The van der Waals surface area contributed by atoms with Crippen molar-refractivity contribution < 1.29 is 14.3 Å². The summed E-state index contributed by atoms with van der Waals surface area (Å²) in [7, 11) is 1.54. The monoisotopic (exact) mass is 401 g/mol. The molecule has 0 radical (unpaired) electrons. The number of carbonyl (C=O) groups excluding carboxylic acids is 2. The number of methoxy groups -OCH3 is 1. The van der Waals surface area contributed by atoms with Crippen LogP contribution in [0.5, 0.6) is 5.75 Å². The number of carbonyl (C=O) groups is 2. The van der Waals surface area contributed by atoms with E-state index in [0.29, 0.717) is 54.6 Å². The fourth-order valence-electron chi connectivity index (χ4n) is 3.33. The van der Waals surface area contributed by atoms with Gasteiger partial charge >= 0.3 is 0 Å². The molecule has 0 aromatic heterocycles. The molecule has 0 bridgehead atoms. The molecule has 1 saturated heterocycles. The largest absolute Gasteiger partial charge is 0.496 e. The third-order valence-electron chi connectivity index (χ3n) is 4.83. The quantitative estimate of drug-likeness (QED) is 0.830. The van der Waals surface area contributed by atoms with Crippen LogP contribution in [0.1, 0.15) is 23.7 Å². The van der Waals surface area contributed by atoms with Crippen LogP contribution in [0.4, 0.5) is 11.4 Å². The molecule has 0 saturated carbocycles. The lowest BCUT2D eigenvalue weighted by Crippen LogP contribution is -2.48. The molecule has 2 aromatic rings. The molecular weight excluding hydrogens is 378 g/mol. The number of hydrogen-bond acceptors (Lipinski definition) is 4. The van der Waals surface area contributed by atoms with Crippen LogP contribution in [-0.4, -0.2) is 50.0 Å². The first-order valence-electron chi connectivity index (χ1n) is 9.30. The summed E-state index contributed by atoms with van der Waals surface area (Å²) in [6, 6.07) is 12.5. The average Bonchev–Trinajstić information content (AvgIpc) is 2.73. The minimum Gasteiger partial charge on any atom is -0.496 e. The lowest BCUT2D eigenvalue weighted by Gasteiger charge is -2.37. The molecule has 0 atom stereocenters. The summed E-state index contributed by atoms with van der Waals surface area (Å²) in [5.74, 6) is 0.413. The lowest BCUT2D eigenvalue weighted by molar-refractivity contribution is -0.131. The summed E-state index contributed by atoms with van der Waals surface area (Å²) in [6.07, 6.45) is 0.515. The van der Waals surface area contributed by atoms with E-state index in [2.05, 4.69) is 10.2 Å². The van der Waals surface area contributed by atoms with Crippen LogP contribution in [0.2, 0.25) is 5.02 Å². The SMILES string of the molecule is CCC(=O)N1CCN(c2ccc(Cl)cc2NC(=O)c2ccccc2OC)CC1. The van der Waals surface area contributed by atoms with Gasteiger partial charge in [0.25, 0.3) is 5.91 Å². The van der Waals surface area contributed by atoms with Gasteiger partial charge < -0.3 is 19.9 Å². The van der Waals surface area contributed by atoms with Gasteiger partial charge in [0.2, 0.25) is 5.91 Å². The molecule has 0 spiro atoms. The maximum Gasteiger partial charge on any atom is 0.259 e. The molecule has 1 N–H and O–H groups in total. The Balaban J connectivity index is 1.80. The third kappa shape index (κ3) is 4.39. The summed E-state index contributed by atoms with van der Waals surface area (Å²) in [4.78, 5) is 28.8. The van der Waals surface area contributed by atoms with Gasteiger partial charge in [0.15, 0.2) is 0 Å². The first-order chi connectivity index (χ1) is 13.5. The molecule has 2 aromatic carbocycles. The Kier molecular flexibility index (Phi) is 6.41. The van der Waals surface area contributed by atoms with Crippen LogP contribution < -0.4 is 15.0 Å². The fourth-order valence-corrected chi connectivity index (χ4v) is 3.50. The summed E-state index contributed by atoms with van der Waals surface area (Å²) in [6.45, 7) is 4.60. The molecule has 6 nitrogen and oxygen atoms in total. The molecule has 2 amide bonds. The van der Waals surface area contributed by atoms with Crippen molar-refractivity contribution in [3.05, 3.63) is 53.1 Å². The van der Waals surface area contributed by atoms with E-state index in [-0.39, 0.29) is 11.8 Å². The molecule has 148 valence electrons. The molecule has 1 fully saturated rings. The molecule has 1 aliphatic heterocycles. The van der Waals surface area contributed by atoms with Crippen molar-refractivity contribution in [2.24, 2.45) is 0 Å². The van der Waals surface area contributed by atoms with Crippen LogP contribution in [0, 0.1) is 0 Å². The minimum absolute atomic E-state index is 0.167. The Morgan fingerprint density at radius 2 is 1.82 bits per heavy atom. The summed E-state index contributed by atoms with van der Waals surface area (Å²) in [5, 5.41) is 3.50. The second kappa shape index (κ2) is 8.97. The van der Waals surface area contributed by atoms with Gasteiger partial charge in [-0.2, -0.15) is 0 Å². The van der Waals surface area contributed by atoms with Crippen molar-refractivity contribution in [2.45, 2.75) is 13.3 Å². The van der Waals surface area contributed by atoms with Crippen molar-refractivity contribution in [1.29, 1.82) is 0 Å². The number of rotatable bonds is 5. The summed E-state index contributed by atoms with van der Waals surface area (Å²) >= 11 is 6.18. The highest BCUT2D eigenvalue weighted by Crippen LogP contribution is 2.31. The van der Waals surface area contributed by atoms with Crippen molar-refractivity contribution in [3.63, 3.8) is 0 Å². The van der Waals surface area contributed by atoms with E-state index in [4.69, 9.17) is 16.3 Å². The smallest absolute Gasteiger partial charge is 0.259 e. The molecule has 7 heteroatoms. The van der Waals surface area contributed by atoms with E-state index in [1.54, 1.807) is 30.3 Å². The van der Waals surface area contributed by atoms with Crippen molar-refractivity contribution >= 4 is 34.8 Å². The Hall–Kier alpha value is -2.73. The predicted octanol–water partition coefficient (Wildman–Crippen LogP) is 3.66. The van der Waals surface area contributed by atoms with Crippen molar-refractivity contribution in [2.75, 3.05) is 43.5 Å². The zero-order valence-corrected chi connectivity index (χ0v) is 16.8. The van der Waals surface area contributed by atoms with Crippen molar-refractivity contribution in [1.82, 2.24) is 4.90 Å². The van der Waals surface area contributed by atoms with Gasteiger partial charge in [0, 0.05) is 37.6 Å². The standard InChI is InChI=1S/C21H24ClN3O3/c1-3-20(26)25-12-10-24(11-13-25)18-9-8-15(22)14-17(18)23-21(27)16-6-4-5-7-19(16)28-2/h4-9,14H,3,10-13H2,1-2H3,(H,23,27). The summed E-state index contributed by atoms with van der Waals surface area (Å²) in [5.41, 5.74) is 1.98. The zero-order chi connectivity index (χ0) is 20.1. The zero-order valence-electron chi connectivity index (χ0n) is 16.1.